The Morgan fingerprint density at radius 2 is 1.80 bits per heavy atom. The standard InChI is InChI=1S/C15H12ClFN2O/c16-14-4-2-1-3-11(14)9-10-18-15(20)19-13-7-5-12(17)6-8-13/h1-10H,(H2,18,19,20)/b10-9+. The van der Waals surface area contributed by atoms with E-state index in [0.29, 0.717) is 10.7 Å². The summed E-state index contributed by atoms with van der Waals surface area (Å²) in [5, 5.41) is 5.71. The Morgan fingerprint density at radius 1 is 1.10 bits per heavy atom. The van der Waals surface area contributed by atoms with Crippen LogP contribution in [0.15, 0.2) is 54.7 Å². The normalized spacial score (nSPS) is 10.5. The van der Waals surface area contributed by atoms with Gasteiger partial charge in [-0.3, -0.25) is 0 Å². The summed E-state index contributed by atoms with van der Waals surface area (Å²) in [6, 6.07) is 12.4. The third-order valence-electron chi connectivity index (χ3n) is 2.48. The molecule has 2 aromatic rings. The van der Waals surface area contributed by atoms with Crippen molar-refractivity contribution >= 4 is 29.4 Å². The molecule has 0 radical (unpaired) electrons. The Bertz CT molecular complexity index is 626. The number of carbonyl (C=O) groups is 1. The van der Waals surface area contributed by atoms with Crippen molar-refractivity contribution in [2.45, 2.75) is 0 Å². The third-order valence-corrected chi connectivity index (χ3v) is 2.83. The molecule has 0 spiro atoms. The molecule has 20 heavy (non-hydrogen) atoms. The largest absolute Gasteiger partial charge is 0.323 e. The van der Waals surface area contributed by atoms with Gasteiger partial charge in [-0.05, 0) is 42.0 Å². The average molecular weight is 291 g/mol. The lowest BCUT2D eigenvalue weighted by molar-refractivity contribution is 0.255. The van der Waals surface area contributed by atoms with Crippen LogP contribution in [0, 0.1) is 5.82 Å². The van der Waals surface area contributed by atoms with Crippen LogP contribution in [-0.4, -0.2) is 6.03 Å². The Balaban J connectivity index is 1.89. The Hall–Kier alpha value is -2.33. The van der Waals surface area contributed by atoms with Crippen molar-refractivity contribution in [3.05, 3.63) is 71.1 Å². The molecule has 0 aliphatic carbocycles. The predicted molar refractivity (Wildman–Crippen MR) is 79.0 cm³/mol. The van der Waals surface area contributed by atoms with Crippen LogP contribution in [0.2, 0.25) is 5.02 Å². The molecule has 0 saturated heterocycles. The maximum atomic E-state index is 12.7. The van der Waals surface area contributed by atoms with Crippen LogP contribution in [0.1, 0.15) is 5.56 Å². The van der Waals surface area contributed by atoms with Gasteiger partial charge in [-0.1, -0.05) is 29.8 Å². The van der Waals surface area contributed by atoms with Gasteiger partial charge in [0.1, 0.15) is 5.82 Å². The SMILES string of the molecule is O=C(N/C=C/c1ccccc1Cl)Nc1ccc(F)cc1. The number of urea groups is 1. The summed E-state index contributed by atoms with van der Waals surface area (Å²) in [5.41, 5.74) is 1.31. The van der Waals surface area contributed by atoms with Gasteiger partial charge in [0.05, 0.1) is 0 Å². The van der Waals surface area contributed by atoms with Gasteiger partial charge in [0, 0.05) is 16.9 Å². The minimum Gasteiger partial charge on any atom is -0.314 e. The minimum absolute atomic E-state index is 0.352. The summed E-state index contributed by atoms with van der Waals surface area (Å²) < 4.78 is 12.7. The molecule has 0 bridgehead atoms. The molecule has 0 atom stereocenters. The lowest BCUT2D eigenvalue weighted by Gasteiger charge is -2.04. The van der Waals surface area contributed by atoms with Crippen molar-refractivity contribution in [2.24, 2.45) is 0 Å². The molecule has 0 saturated carbocycles. The van der Waals surface area contributed by atoms with Crippen molar-refractivity contribution in [3.63, 3.8) is 0 Å². The molecule has 2 rings (SSSR count). The first kappa shape index (κ1) is 14.1. The van der Waals surface area contributed by atoms with Gasteiger partial charge in [0.15, 0.2) is 0 Å². The fourth-order valence-electron chi connectivity index (χ4n) is 1.52. The zero-order valence-electron chi connectivity index (χ0n) is 10.4. The lowest BCUT2D eigenvalue weighted by Crippen LogP contribution is -2.23. The summed E-state index contributed by atoms with van der Waals surface area (Å²) in [6.45, 7) is 0. The zero-order chi connectivity index (χ0) is 14.4. The molecule has 0 heterocycles. The smallest absolute Gasteiger partial charge is 0.314 e. The molecular formula is C15H12ClFN2O. The maximum Gasteiger partial charge on any atom is 0.323 e. The van der Waals surface area contributed by atoms with Gasteiger partial charge in [-0.25, -0.2) is 9.18 Å². The van der Waals surface area contributed by atoms with Gasteiger partial charge in [0.25, 0.3) is 0 Å². The molecule has 102 valence electrons. The van der Waals surface area contributed by atoms with Gasteiger partial charge < -0.3 is 10.6 Å². The van der Waals surface area contributed by atoms with Gasteiger partial charge in [-0.15, -0.1) is 0 Å². The number of nitrogens with one attached hydrogen (secondary N) is 2. The lowest BCUT2D eigenvalue weighted by atomic mass is 10.2. The third kappa shape index (κ3) is 4.10. The minimum atomic E-state index is -0.417. The van der Waals surface area contributed by atoms with Crippen LogP contribution in [0.5, 0.6) is 0 Å². The fraction of sp³-hybridized carbons (Fsp3) is 0. The highest BCUT2D eigenvalue weighted by Crippen LogP contribution is 2.15. The Labute approximate surface area is 121 Å². The van der Waals surface area contributed by atoms with E-state index in [4.69, 9.17) is 11.6 Å². The molecule has 0 aromatic heterocycles. The van der Waals surface area contributed by atoms with Crippen molar-refractivity contribution in [2.75, 3.05) is 5.32 Å². The second-order valence-corrected chi connectivity index (χ2v) is 4.37. The average Bonchev–Trinajstić information content (AvgIpc) is 2.43. The first-order valence-electron chi connectivity index (χ1n) is 5.89. The van der Waals surface area contributed by atoms with E-state index in [9.17, 15) is 9.18 Å². The van der Waals surface area contributed by atoms with Crippen LogP contribution in [-0.2, 0) is 0 Å². The molecule has 0 aliphatic heterocycles. The number of hydrogen-bond donors (Lipinski definition) is 2. The number of benzene rings is 2. The number of rotatable bonds is 3. The highest BCUT2D eigenvalue weighted by atomic mass is 35.5. The molecule has 3 nitrogen and oxygen atoms in total. The summed E-state index contributed by atoms with van der Waals surface area (Å²) in [6.07, 6.45) is 3.17. The molecule has 2 aromatic carbocycles. The van der Waals surface area contributed by atoms with Crippen molar-refractivity contribution < 1.29 is 9.18 Å². The van der Waals surface area contributed by atoms with Gasteiger partial charge in [0.2, 0.25) is 0 Å². The van der Waals surface area contributed by atoms with E-state index in [-0.39, 0.29) is 5.82 Å². The van der Waals surface area contributed by atoms with Crippen LogP contribution >= 0.6 is 11.6 Å². The van der Waals surface area contributed by atoms with Gasteiger partial charge >= 0.3 is 6.03 Å². The summed E-state index contributed by atoms with van der Waals surface area (Å²) in [5.74, 6) is -0.352. The van der Waals surface area contributed by atoms with E-state index >= 15 is 0 Å². The van der Waals surface area contributed by atoms with Gasteiger partial charge in [-0.2, -0.15) is 0 Å². The highest BCUT2D eigenvalue weighted by molar-refractivity contribution is 6.32. The summed E-state index contributed by atoms with van der Waals surface area (Å²) >= 11 is 5.97. The summed E-state index contributed by atoms with van der Waals surface area (Å²) in [4.78, 5) is 11.6. The molecule has 2 amide bonds. The monoisotopic (exact) mass is 290 g/mol. The zero-order valence-corrected chi connectivity index (χ0v) is 11.2. The number of amides is 2. The quantitative estimate of drug-likeness (QED) is 0.871. The van der Waals surface area contributed by atoms with Crippen molar-refractivity contribution in [1.29, 1.82) is 0 Å². The highest BCUT2D eigenvalue weighted by Gasteiger charge is 1.99. The fourth-order valence-corrected chi connectivity index (χ4v) is 1.72. The van der Waals surface area contributed by atoms with Crippen LogP contribution in [0.25, 0.3) is 6.08 Å². The van der Waals surface area contributed by atoms with E-state index in [1.807, 2.05) is 18.2 Å². The Morgan fingerprint density at radius 3 is 2.50 bits per heavy atom. The maximum absolute atomic E-state index is 12.7. The van der Waals surface area contributed by atoms with E-state index in [2.05, 4.69) is 10.6 Å². The number of hydrogen-bond acceptors (Lipinski definition) is 1. The summed E-state index contributed by atoms with van der Waals surface area (Å²) in [7, 11) is 0. The van der Waals surface area contributed by atoms with E-state index in [1.165, 1.54) is 30.5 Å². The van der Waals surface area contributed by atoms with E-state index < -0.39 is 6.03 Å². The number of carbonyl (C=O) groups excluding carboxylic acids is 1. The van der Waals surface area contributed by atoms with Crippen LogP contribution in [0.3, 0.4) is 0 Å². The molecule has 0 fully saturated rings. The Kier molecular flexibility index (Phi) is 4.74. The first-order valence-corrected chi connectivity index (χ1v) is 6.27. The molecule has 5 heteroatoms. The van der Waals surface area contributed by atoms with E-state index in [0.717, 1.165) is 5.56 Å². The molecular weight excluding hydrogens is 279 g/mol. The second-order valence-electron chi connectivity index (χ2n) is 3.96. The van der Waals surface area contributed by atoms with Crippen LogP contribution < -0.4 is 10.6 Å². The van der Waals surface area contributed by atoms with E-state index in [1.54, 1.807) is 12.1 Å². The second kappa shape index (κ2) is 6.73. The molecule has 0 aliphatic rings. The molecule has 0 unspecified atom stereocenters. The number of anilines is 1. The van der Waals surface area contributed by atoms with Crippen molar-refractivity contribution in [3.8, 4) is 0 Å². The number of halogens is 2. The van der Waals surface area contributed by atoms with Crippen LogP contribution in [0.4, 0.5) is 14.9 Å². The topological polar surface area (TPSA) is 41.1 Å². The first-order chi connectivity index (χ1) is 9.65. The predicted octanol–water partition coefficient (Wildman–Crippen LogP) is 4.27. The molecule has 2 N–H and O–H groups in total. The van der Waals surface area contributed by atoms with Crippen molar-refractivity contribution in [1.82, 2.24) is 5.32 Å².